The van der Waals surface area contributed by atoms with Crippen LogP contribution in [0, 0.1) is 0 Å². The fourth-order valence-electron chi connectivity index (χ4n) is 2.68. The summed E-state index contributed by atoms with van der Waals surface area (Å²) in [5.74, 6) is -0.338. The molecule has 0 saturated carbocycles. The first-order valence-electron chi connectivity index (χ1n) is 8.08. The van der Waals surface area contributed by atoms with Gasteiger partial charge in [0.05, 0.1) is 25.3 Å². The normalized spacial score (nSPS) is 17.0. The topological polar surface area (TPSA) is 67.6 Å². The first kappa shape index (κ1) is 18.4. The number of halogens is 3. The van der Waals surface area contributed by atoms with Crippen LogP contribution in [-0.2, 0) is 11.3 Å². The van der Waals surface area contributed by atoms with Crippen LogP contribution in [0.2, 0.25) is 0 Å². The summed E-state index contributed by atoms with van der Waals surface area (Å²) in [5.41, 5.74) is -0.0863. The molecule has 9 heteroatoms. The second kappa shape index (κ2) is 7.88. The number of pyridine rings is 1. The molecule has 2 aromatic rings. The highest BCUT2D eigenvalue weighted by Crippen LogP contribution is 2.32. The summed E-state index contributed by atoms with van der Waals surface area (Å²) in [5, 5.41) is 2.01. The number of alkyl halides is 3. The highest BCUT2D eigenvalue weighted by molar-refractivity contribution is 5.94. The number of carbonyl (C=O) groups is 1. The predicted octanol–water partition coefficient (Wildman–Crippen LogP) is 2.54. The van der Waals surface area contributed by atoms with Crippen LogP contribution in [-0.4, -0.2) is 48.3 Å². The third-order valence-electron chi connectivity index (χ3n) is 4.02. The van der Waals surface area contributed by atoms with Crippen molar-refractivity contribution in [2.24, 2.45) is 0 Å². The second-order valence-corrected chi connectivity index (χ2v) is 5.92. The molecular formula is C17H18F3N3O3. The summed E-state index contributed by atoms with van der Waals surface area (Å²) in [4.78, 5) is 18.0. The molecule has 1 aliphatic rings. The molecule has 3 heterocycles. The molecule has 0 unspecified atom stereocenters. The van der Waals surface area contributed by atoms with E-state index in [1.165, 1.54) is 30.7 Å². The molecule has 1 atom stereocenters. The van der Waals surface area contributed by atoms with E-state index < -0.39 is 18.1 Å². The Bertz CT molecular complexity index is 728. The van der Waals surface area contributed by atoms with Gasteiger partial charge in [-0.25, -0.2) is 0 Å². The van der Waals surface area contributed by atoms with Gasteiger partial charge in [-0.3, -0.25) is 14.7 Å². The monoisotopic (exact) mass is 369 g/mol. The molecule has 1 N–H and O–H groups in total. The highest BCUT2D eigenvalue weighted by Gasteiger charge is 2.42. The van der Waals surface area contributed by atoms with E-state index in [1.54, 1.807) is 0 Å². The molecule has 26 heavy (non-hydrogen) atoms. The number of amides is 1. The number of nitrogens with one attached hydrogen (secondary N) is 1. The number of morpholine rings is 1. The molecule has 2 aromatic heterocycles. The minimum absolute atomic E-state index is 0.0476. The predicted molar refractivity (Wildman–Crippen MR) is 85.3 cm³/mol. The van der Waals surface area contributed by atoms with Crippen LogP contribution in [0.25, 0.3) is 0 Å². The molecule has 3 rings (SSSR count). The molecule has 0 spiro atoms. The molecule has 0 bridgehead atoms. The van der Waals surface area contributed by atoms with E-state index in [1.807, 2.05) is 5.32 Å². The van der Waals surface area contributed by atoms with Gasteiger partial charge in [-0.15, -0.1) is 0 Å². The fraction of sp³-hybridized carbons (Fsp3) is 0.412. The Labute approximate surface area is 147 Å². The van der Waals surface area contributed by atoms with Crippen LogP contribution >= 0.6 is 0 Å². The van der Waals surface area contributed by atoms with E-state index in [-0.39, 0.29) is 11.1 Å². The zero-order valence-corrected chi connectivity index (χ0v) is 13.8. The van der Waals surface area contributed by atoms with E-state index in [9.17, 15) is 18.0 Å². The van der Waals surface area contributed by atoms with Gasteiger partial charge in [0, 0.05) is 31.0 Å². The van der Waals surface area contributed by atoms with Gasteiger partial charge in [-0.05, 0) is 12.1 Å². The summed E-state index contributed by atoms with van der Waals surface area (Å²) in [7, 11) is 0. The second-order valence-electron chi connectivity index (χ2n) is 5.92. The van der Waals surface area contributed by atoms with Gasteiger partial charge in [0.15, 0.2) is 6.04 Å². The first-order valence-corrected chi connectivity index (χ1v) is 8.08. The molecule has 140 valence electrons. The molecular weight excluding hydrogens is 351 g/mol. The lowest BCUT2D eigenvalue weighted by molar-refractivity contribution is -0.155. The Balaban J connectivity index is 1.68. The number of aromatic nitrogens is 1. The van der Waals surface area contributed by atoms with E-state index >= 15 is 0 Å². The standard InChI is InChI=1S/C17H18F3N3O3/c18-17(19,20)15(12-2-1-3-21-9-12)22-16(24)13-8-14(26-11-13)10-23-4-6-25-7-5-23/h1-3,8-9,11,15H,4-7,10H2,(H,22,24)/t15-/m0/s1. The van der Waals surface area contributed by atoms with Crippen LogP contribution < -0.4 is 5.32 Å². The molecule has 1 fully saturated rings. The molecule has 0 radical (unpaired) electrons. The lowest BCUT2D eigenvalue weighted by Gasteiger charge is -2.25. The third kappa shape index (κ3) is 4.61. The van der Waals surface area contributed by atoms with E-state index in [4.69, 9.17) is 9.15 Å². The van der Waals surface area contributed by atoms with Crippen molar-refractivity contribution in [3.63, 3.8) is 0 Å². The van der Waals surface area contributed by atoms with Gasteiger partial charge in [0.25, 0.3) is 5.91 Å². The van der Waals surface area contributed by atoms with Crippen molar-refractivity contribution >= 4 is 5.91 Å². The van der Waals surface area contributed by atoms with Crippen LogP contribution in [0.5, 0.6) is 0 Å². The first-order chi connectivity index (χ1) is 12.4. The average Bonchev–Trinajstić information content (AvgIpc) is 3.09. The largest absolute Gasteiger partial charge is 0.467 e. The summed E-state index contributed by atoms with van der Waals surface area (Å²) in [6.07, 6.45) is -1.02. The Kier molecular flexibility index (Phi) is 5.58. The maximum atomic E-state index is 13.3. The zero-order chi connectivity index (χ0) is 18.6. The van der Waals surface area contributed by atoms with Crippen molar-refractivity contribution in [2.45, 2.75) is 18.8 Å². The minimum atomic E-state index is -4.64. The lowest BCUT2D eigenvalue weighted by Crippen LogP contribution is -2.38. The van der Waals surface area contributed by atoms with Crippen molar-refractivity contribution in [1.82, 2.24) is 15.2 Å². The molecule has 1 amide bonds. The molecule has 6 nitrogen and oxygen atoms in total. The number of hydrogen-bond donors (Lipinski definition) is 1. The molecule has 0 aliphatic carbocycles. The summed E-state index contributed by atoms with van der Waals surface area (Å²) < 4.78 is 50.5. The van der Waals surface area contributed by atoms with Gasteiger partial charge < -0.3 is 14.5 Å². The van der Waals surface area contributed by atoms with Gasteiger partial charge in [0.1, 0.15) is 12.0 Å². The Morgan fingerprint density at radius 3 is 2.77 bits per heavy atom. The van der Waals surface area contributed by atoms with E-state index in [0.29, 0.717) is 25.5 Å². The third-order valence-corrected chi connectivity index (χ3v) is 4.02. The number of ether oxygens (including phenoxy) is 1. The summed E-state index contributed by atoms with van der Waals surface area (Å²) in [6.45, 7) is 3.18. The fourth-order valence-corrected chi connectivity index (χ4v) is 2.68. The van der Waals surface area contributed by atoms with Gasteiger partial charge in [-0.1, -0.05) is 6.07 Å². The quantitative estimate of drug-likeness (QED) is 0.877. The maximum Gasteiger partial charge on any atom is 0.412 e. The molecule has 0 aromatic carbocycles. The van der Waals surface area contributed by atoms with Crippen molar-refractivity contribution in [3.05, 3.63) is 53.7 Å². The Morgan fingerprint density at radius 1 is 1.35 bits per heavy atom. The SMILES string of the molecule is O=C(N[C@@H](c1cccnc1)C(F)(F)F)c1coc(CN2CCOCC2)c1. The van der Waals surface area contributed by atoms with Crippen LogP contribution in [0.15, 0.2) is 41.3 Å². The highest BCUT2D eigenvalue weighted by atomic mass is 19.4. The van der Waals surface area contributed by atoms with E-state index in [0.717, 1.165) is 19.3 Å². The number of hydrogen-bond acceptors (Lipinski definition) is 5. The average molecular weight is 369 g/mol. The zero-order valence-electron chi connectivity index (χ0n) is 13.8. The number of nitrogens with zero attached hydrogens (tertiary/aromatic N) is 2. The number of furan rings is 1. The van der Waals surface area contributed by atoms with Crippen molar-refractivity contribution < 1.29 is 27.1 Å². The van der Waals surface area contributed by atoms with Gasteiger partial charge in [0.2, 0.25) is 0 Å². The Morgan fingerprint density at radius 2 is 2.12 bits per heavy atom. The summed E-state index contributed by atoms with van der Waals surface area (Å²) in [6, 6.07) is 1.98. The van der Waals surface area contributed by atoms with Crippen LogP contribution in [0.4, 0.5) is 13.2 Å². The van der Waals surface area contributed by atoms with Crippen molar-refractivity contribution in [3.8, 4) is 0 Å². The van der Waals surface area contributed by atoms with Gasteiger partial charge >= 0.3 is 6.18 Å². The molecule has 1 saturated heterocycles. The summed E-state index contributed by atoms with van der Waals surface area (Å²) >= 11 is 0. The van der Waals surface area contributed by atoms with Crippen molar-refractivity contribution in [1.29, 1.82) is 0 Å². The molecule has 1 aliphatic heterocycles. The van der Waals surface area contributed by atoms with Crippen LogP contribution in [0.3, 0.4) is 0 Å². The number of rotatable bonds is 5. The minimum Gasteiger partial charge on any atom is -0.467 e. The van der Waals surface area contributed by atoms with Gasteiger partial charge in [-0.2, -0.15) is 13.2 Å². The maximum absolute atomic E-state index is 13.3. The number of carbonyl (C=O) groups excluding carboxylic acids is 1. The van der Waals surface area contributed by atoms with E-state index in [2.05, 4.69) is 9.88 Å². The smallest absolute Gasteiger partial charge is 0.412 e. The Hall–Kier alpha value is -2.39. The lowest BCUT2D eigenvalue weighted by atomic mass is 10.1. The van der Waals surface area contributed by atoms with Crippen molar-refractivity contribution in [2.75, 3.05) is 26.3 Å². The van der Waals surface area contributed by atoms with Crippen LogP contribution in [0.1, 0.15) is 27.7 Å².